The molecule has 3 heterocycles. The first kappa shape index (κ1) is 19.9. The quantitative estimate of drug-likeness (QED) is 0.712. The molecule has 5 rings (SSSR count). The van der Waals surface area contributed by atoms with Crippen molar-refractivity contribution < 1.29 is 28.0 Å². The average Bonchev–Trinajstić information content (AvgIpc) is 3.42. The Hall–Kier alpha value is -3.04. The van der Waals surface area contributed by atoms with E-state index in [-0.39, 0.29) is 43.7 Å². The third-order valence-corrected chi connectivity index (χ3v) is 6.58. The maximum absolute atomic E-state index is 14.4. The van der Waals surface area contributed by atoms with E-state index in [2.05, 4.69) is 5.32 Å². The number of piperazine rings is 1. The van der Waals surface area contributed by atoms with Gasteiger partial charge in [-0.3, -0.25) is 24.5 Å². The van der Waals surface area contributed by atoms with E-state index < -0.39 is 35.2 Å². The van der Waals surface area contributed by atoms with Gasteiger partial charge in [0.1, 0.15) is 11.9 Å². The monoisotopic (exact) mass is 432 g/mol. The molecule has 0 aromatic heterocycles. The summed E-state index contributed by atoms with van der Waals surface area (Å²) < 4.78 is 28.5. The number of amides is 4. The molecule has 10 heteroatoms. The second-order valence-electron chi connectivity index (χ2n) is 8.60. The zero-order valence-electron chi connectivity index (χ0n) is 16.8. The van der Waals surface area contributed by atoms with E-state index in [0.717, 1.165) is 0 Å². The molecule has 1 atom stereocenters. The van der Waals surface area contributed by atoms with Crippen LogP contribution in [0.4, 0.5) is 14.5 Å². The number of imide groups is 1. The minimum absolute atomic E-state index is 0.142. The summed E-state index contributed by atoms with van der Waals surface area (Å²) in [6.45, 7) is 1.57. The number of alkyl halides is 1. The second kappa shape index (κ2) is 7.00. The third-order valence-electron chi connectivity index (χ3n) is 6.58. The largest absolute Gasteiger partial charge is 0.368 e. The van der Waals surface area contributed by atoms with Gasteiger partial charge >= 0.3 is 0 Å². The van der Waals surface area contributed by atoms with Gasteiger partial charge in [0.2, 0.25) is 11.8 Å². The van der Waals surface area contributed by atoms with E-state index in [1.165, 1.54) is 21.9 Å². The van der Waals surface area contributed by atoms with Crippen LogP contribution in [0.15, 0.2) is 12.1 Å². The van der Waals surface area contributed by atoms with E-state index in [9.17, 15) is 28.0 Å². The number of anilines is 1. The van der Waals surface area contributed by atoms with E-state index in [0.29, 0.717) is 37.4 Å². The Morgan fingerprint density at radius 3 is 2.45 bits per heavy atom. The molecule has 164 valence electrons. The van der Waals surface area contributed by atoms with Crippen LogP contribution in [0.1, 0.15) is 41.6 Å². The average molecular weight is 432 g/mol. The predicted octanol–water partition coefficient (Wildman–Crippen LogP) is 0.737. The van der Waals surface area contributed by atoms with Crippen molar-refractivity contribution in [2.24, 2.45) is 0 Å². The normalized spacial score (nSPS) is 24.9. The summed E-state index contributed by atoms with van der Waals surface area (Å²) >= 11 is 0. The lowest BCUT2D eigenvalue weighted by Crippen LogP contribution is -2.52. The third kappa shape index (κ3) is 3.34. The molecular formula is C21H22F2N4O4. The van der Waals surface area contributed by atoms with Gasteiger partial charge in [0, 0.05) is 56.0 Å². The maximum atomic E-state index is 14.4. The van der Waals surface area contributed by atoms with Crippen molar-refractivity contribution in [3.63, 3.8) is 0 Å². The van der Waals surface area contributed by atoms with Gasteiger partial charge in [-0.1, -0.05) is 0 Å². The highest BCUT2D eigenvalue weighted by molar-refractivity contribution is 6.06. The fourth-order valence-corrected chi connectivity index (χ4v) is 4.65. The minimum atomic E-state index is -1.71. The number of piperidine rings is 1. The number of nitrogens with zero attached hydrogens (tertiary/aromatic N) is 3. The number of benzene rings is 1. The second-order valence-corrected chi connectivity index (χ2v) is 8.60. The molecule has 8 nitrogen and oxygen atoms in total. The number of fused-ring (bicyclic) bond motifs is 1. The highest BCUT2D eigenvalue weighted by Gasteiger charge is 2.53. The molecule has 0 bridgehead atoms. The summed E-state index contributed by atoms with van der Waals surface area (Å²) in [6.07, 6.45) is 0.904. The summed E-state index contributed by atoms with van der Waals surface area (Å²) in [5.74, 6) is -2.37. The van der Waals surface area contributed by atoms with Crippen molar-refractivity contribution >= 4 is 29.3 Å². The molecule has 31 heavy (non-hydrogen) atoms. The summed E-state index contributed by atoms with van der Waals surface area (Å²) in [7, 11) is 0. The van der Waals surface area contributed by atoms with E-state index in [1.54, 1.807) is 0 Å². The minimum Gasteiger partial charge on any atom is -0.368 e. The number of rotatable bonds is 3. The highest BCUT2D eigenvalue weighted by atomic mass is 19.1. The Morgan fingerprint density at radius 2 is 1.81 bits per heavy atom. The number of carbonyl (C=O) groups excluding carboxylic acids is 4. The first-order valence-corrected chi connectivity index (χ1v) is 10.5. The number of halogens is 2. The summed E-state index contributed by atoms with van der Waals surface area (Å²) in [6, 6.07) is 1.75. The fourth-order valence-electron chi connectivity index (χ4n) is 4.65. The zero-order chi connectivity index (χ0) is 21.9. The van der Waals surface area contributed by atoms with Crippen molar-refractivity contribution in [3.8, 4) is 0 Å². The molecule has 1 aromatic carbocycles. The van der Waals surface area contributed by atoms with Gasteiger partial charge in [0.05, 0.1) is 0 Å². The summed E-state index contributed by atoms with van der Waals surface area (Å²) in [5.41, 5.74) is -0.331. The Morgan fingerprint density at radius 1 is 1.10 bits per heavy atom. The van der Waals surface area contributed by atoms with Crippen LogP contribution >= 0.6 is 0 Å². The molecule has 4 aliphatic rings. The molecule has 1 saturated carbocycles. The zero-order valence-corrected chi connectivity index (χ0v) is 16.8. The molecule has 3 aliphatic heterocycles. The Balaban J connectivity index is 1.35. The molecular weight excluding hydrogens is 410 g/mol. The van der Waals surface area contributed by atoms with Gasteiger partial charge in [0.25, 0.3) is 11.8 Å². The number of hydrogen-bond acceptors (Lipinski definition) is 5. The van der Waals surface area contributed by atoms with Crippen LogP contribution < -0.4 is 10.2 Å². The van der Waals surface area contributed by atoms with Gasteiger partial charge in [-0.15, -0.1) is 0 Å². The van der Waals surface area contributed by atoms with Gasteiger partial charge < -0.3 is 14.7 Å². The standard InChI is InChI=1S/C21H22F2N4O4/c22-12-9-13-14(11-27(19(13)30)15-1-2-17(28)24-18(15)29)16(10-12)25-5-7-26(8-6-25)20(31)21(23)3-4-21/h9-10,15H,1-8,11H2,(H,24,28,29). The predicted molar refractivity (Wildman–Crippen MR) is 104 cm³/mol. The Kier molecular flexibility index (Phi) is 4.49. The molecule has 0 radical (unpaired) electrons. The summed E-state index contributed by atoms with van der Waals surface area (Å²) in [4.78, 5) is 53.7. The Labute approximate surface area is 177 Å². The molecule has 1 N–H and O–H groups in total. The molecule has 1 aliphatic carbocycles. The first-order valence-electron chi connectivity index (χ1n) is 10.5. The molecule has 1 unspecified atom stereocenters. The van der Waals surface area contributed by atoms with E-state index in [1.807, 2.05) is 4.90 Å². The smallest absolute Gasteiger partial charge is 0.260 e. The van der Waals surface area contributed by atoms with Crippen LogP contribution in [0.3, 0.4) is 0 Å². The number of nitrogens with one attached hydrogen (secondary N) is 1. The van der Waals surface area contributed by atoms with Crippen LogP contribution in [-0.2, 0) is 20.9 Å². The molecule has 1 aromatic rings. The van der Waals surface area contributed by atoms with Crippen molar-refractivity contribution in [1.82, 2.24) is 15.1 Å². The SMILES string of the molecule is O=C1CCC(N2Cc3c(cc(F)cc3N3CCN(C(=O)C4(F)CC4)CC3)C2=O)C(=O)N1. The first-order chi connectivity index (χ1) is 14.8. The molecule has 0 spiro atoms. The number of carbonyl (C=O) groups is 4. The van der Waals surface area contributed by atoms with Gasteiger partial charge in [0.15, 0.2) is 5.67 Å². The van der Waals surface area contributed by atoms with E-state index >= 15 is 0 Å². The van der Waals surface area contributed by atoms with Gasteiger partial charge in [-0.2, -0.15) is 0 Å². The van der Waals surface area contributed by atoms with Crippen LogP contribution in [0.25, 0.3) is 0 Å². The van der Waals surface area contributed by atoms with Crippen molar-refractivity contribution in [2.45, 2.75) is 43.9 Å². The maximum Gasteiger partial charge on any atom is 0.260 e. The lowest BCUT2D eigenvalue weighted by molar-refractivity contribution is -0.138. The number of hydrogen-bond donors (Lipinski definition) is 1. The van der Waals surface area contributed by atoms with Crippen molar-refractivity contribution in [2.75, 3.05) is 31.1 Å². The van der Waals surface area contributed by atoms with Crippen LogP contribution in [0, 0.1) is 5.82 Å². The van der Waals surface area contributed by atoms with Crippen LogP contribution in [0.5, 0.6) is 0 Å². The Bertz CT molecular complexity index is 1000. The molecule has 4 amide bonds. The lowest BCUT2D eigenvalue weighted by Gasteiger charge is -2.37. The molecule has 2 saturated heterocycles. The molecule has 3 fully saturated rings. The van der Waals surface area contributed by atoms with E-state index in [4.69, 9.17) is 0 Å². The summed E-state index contributed by atoms with van der Waals surface area (Å²) in [5, 5.41) is 2.25. The lowest BCUT2D eigenvalue weighted by atomic mass is 10.0. The topological polar surface area (TPSA) is 90.0 Å². The van der Waals surface area contributed by atoms with Crippen LogP contribution in [-0.4, -0.2) is 71.3 Å². The van der Waals surface area contributed by atoms with Crippen molar-refractivity contribution in [3.05, 3.63) is 29.1 Å². The highest BCUT2D eigenvalue weighted by Crippen LogP contribution is 2.42. The van der Waals surface area contributed by atoms with Gasteiger partial charge in [-0.25, -0.2) is 8.78 Å². The van der Waals surface area contributed by atoms with Crippen LogP contribution in [0.2, 0.25) is 0 Å². The van der Waals surface area contributed by atoms with Gasteiger partial charge in [-0.05, 0) is 31.4 Å². The van der Waals surface area contributed by atoms with Crippen molar-refractivity contribution in [1.29, 1.82) is 0 Å². The fraction of sp³-hybridized carbons (Fsp3) is 0.524.